The number of halogens is 2. The van der Waals surface area contributed by atoms with E-state index < -0.39 is 12.5 Å². The molecule has 0 aliphatic carbocycles. The summed E-state index contributed by atoms with van der Waals surface area (Å²) in [5.41, 5.74) is 0.979. The van der Waals surface area contributed by atoms with E-state index in [2.05, 4.69) is 29.5 Å². The molecule has 2 saturated heterocycles. The van der Waals surface area contributed by atoms with Crippen LogP contribution >= 0.6 is 9.24 Å². The highest BCUT2D eigenvalue weighted by Gasteiger charge is 2.27. The first-order valence-corrected chi connectivity index (χ1v) is 13.5. The second-order valence-corrected chi connectivity index (χ2v) is 9.94. The standard InChI is InChI=1S/C25H32F2N7O2P/c1-16(24(35)33-8-6-17(15-37)7-9-33)28-25-30-20(32-10-12-36-13-11-32)14-21(31-25)34-19-5-3-2-4-18(19)29-23(34)22(26)27/h2-5,14,16-17,22H,6-13,15,37H2,1H3,(H,28,30,31)/t16-/m0/s1. The molecule has 0 saturated carbocycles. The van der Waals surface area contributed by atoms with Gasteiger partial charge in [-0.15, -0.1) is 9.24 Å². The van der Waals surface area contributed by atoms with Crippen LogP contribution in [0.5, 0.6) is 0 Å². The van der Waals surface area contributed by atoms with Crippen LogP contribution in [0.25, 0.3) is 16.9 Å². The van der Waals surface area contributed by atoms with Gasteiger partial charge in [0.1, 0.15) is 17.7 Å². The SMILES string of the molecule is C[C@H](Nc1nc(N2CCOCC2)cc(-n2c(C(F)F)nc3ccccc32)n1)C(=O)N1CCC(CP)CC1. The lowest BCUT2D eigenvalue weighted by Crippen LogP contribution is -2.45. The van der Waals surface area contributed by atoms with Gasteiger partial charge >= 0.3 is 0 Å². The lowest BCUT2D eigenvalue weighted by atomic mass is 9.98. The van der Waals surface area contributed by atoms with E-state index >= 15 is 0 Å². The van der Waals surface area contributed by atoms with Crippen molar-refractivity contribution >= 4 is 37.9 Å². The van der Waals surface area contributed by atoms with Crippen molar-refractivity contribution in [1.29, 1.82) is 0 Å². The summed E-state index contributed by atoms with van der Waals surface area (Å²) in [6.07, 6.45) is 0.221. The number of rotatable bonds is 7. The van der Waals surface area contributed by atoms with E-state index in [9.17, 15) is 13.6 Å². The minimum atomic E-state index is -2.80. The molecule has 1 aromatic carbocycles. The summed E-state index contributed by atoms with van der Waals surface area (Å²) in [7, 11) is 2.79. The third-order valence-corrected chi connectivity index (χ3v) is 7.69. The van der Waals surface area contributed by atoms with Crippen molar-refractivity contribution in [3.05, 3.63) is 36.2 Å². The maximum absolute atomic E-state index is 14.1. The summed E-state index contributed by atoms with van der Waals surface area (Å²) in [5, 5.41) is 3.15. The fraction of sp³-hybridized carbons (Fsp3) is 0.520. The van der Waals surface area contributed by atoms with E-state index in [1.807, 2.05) is 9.80 Å². The zero-order valence-electron chi connectivity index (χ0n) is 20.8. The Hall–Kier alpha value is -2.91. The monoisotopic (exact) mass is 531 g/mol. The van der Waals surface area contributed by atoms with Crippen LogP contribution in [0.2, 0.25) is 0 Å². The highest BCUT2D eigenvalue weighted by Crippen LogP contribution is 2.29. The normalized spacial score (nSPS) is 18.0. The van der Waals surface area contributed by atoms with Crippen LogP contribution in [0.3, 0.4) is 0 Å². The average Bonchev–Trinajstić information content (AvgIpc) is 3.33. The quantitative estimate of drug-likeness (QED) is 0.467. The molecule has 198 valence electrons. The van der Waals surface area contributed by atoms with E-state index in [4.69, 9.17) is 4.74 Å². The number of likely N-dealkylation sites (tertiary alicyclic amines) is 1. The number of fused-ring (bicyclic) bond motifs is 1. The van der Waals surface area contributed by atoms with E-state index in [-0.39, 0.29) is 23.5 Å². The van der Waals surface area contributed by atoms with Crippen molar-refractivity contribution in [3.8, 4) is 5.82 Å². The van der Waals surface area contributed by atoms with Crippen LogP contribution in [-0.4, -0.2) is 81.9 Å². The molecule has 5 rings (SSSR count). The molecule has 1 N–H and O–H groups in total. The number of morpholine rings is 1. The smallest absolute Gasteiger partial charge is 0.296 e. The number of carbonyl (C=O) groups is 1. The third-order valence-electron chi connectivity index (χ3n) is 7.02. The van der Waals surface area contributed by atoms with Gasteiger partial charge in [0, 0.05) is 32.2 Å². The zero-order valence-corrected chi connectivity index (χ0v) is 22.0. The predicted octanol–water partition coefficient (Wildman–Crippen LogP) is 3.50. The molecule has 2 aliphatic heterocycles. The Labute approximate surface area is 216 Å². The fourth-order valence-electron chi connectivity index (χ4n) is 4.91. The zero-order chi connectivity index (χ0) is 25.9. The van der Waals surface area contributed by atoms with Gasteiger partial charge < -0.3 is 19.9 Å². The maximum Gasteiger partial charge on any atom is 0.296 e. The van der Waals surface area contributed by atoms with Crippen molar-refractivity contribution in [2.24, 2.45) is 5.92 Å². The van der Waals surface area contributed by atoms with Crippen molar-refractivity contribution < 1.29 is 18.3 Å². The van der Waals surface area contributed by atoms with Gasteiger partial charge in [0.15, 0.2) is 5.82 Å². The van der Waals surface area contributed by atoms with Gasteiger partial charge in [0.25, 0.3) is 6.43 Å². The molecule has 2 atom stereocenters. The lowest BCUT2D eigenvalue weighted by molar-refractivity contribution is -0.132. The maximum atomic E-state index is 14.1. The highest BCUT2D eigenvalue weighted by molar-refractivity contribution is 7.16. The van der Waals surface area contributed by atoms with Gasteiger partial charge in [-0.05, 0) is 44.0 Å². The van der Waals surface area contributed by atoms with Crippen molar-refractivity contribution in [3.63, 3.8) is 0 Å². The number of alkyl halides is 2. The molecule has 2 aliphatic rings. The fourth-order valence-corrected chi connectivity index (χ4v) is 5.38. The Morgan fingerprint density at radius 2 is 1.81 bits per heavy atom. The van der Waals surface area contributed by atoms with Crippen LogP contribution < -0.4 is 10.2 Å². The van der Waals surface area contributed by atoms with Gasteiger partial charge in [-0.1, -0.05) is 12.1 Å². The van der Waals surface area contributed by atoms with Gasteiger partial charge in [-0.2, -0.15) is 9.97 Å². The molecule has 1 amide bonds. The number of anilines is 2. The van der Waals surface area contributed by atoms with Gasteiger partial charge in [-0.3, -0.25) is 9.36 Å². The average molecular weight is 532 g/mol. The van der Waals surface area contributed by atoms with Crippen molar-refractivity contribution in [2.75, 3.05) is 55.8 Å². The lowest BCUT2D eigenvalue weighted by Gasteiger charge is -2.33. The number of piperidine rings is 1. The Bertz CT molecular complexity index is 1240. The number of ether oxygens (including phenoxy) is 1. The van der Waals surface area contributed by atoms with Crippen molar-refractivity contribution in [1.82, 2.24) is 24.4 Å². The molecule has 12 heteroatoms. The van der Waals surface area contributed by atoms with Crippen LogP contribution in [0.4, 0.5) is 20.5 Å². The highest BCUT2D eigenvalue weighted by atomic mass is 31.0. The van der Waals surface area contributed by atoms with E-state index in [1.165, 1.54) is 4.57 Å². The molecule has 9 nitrogen and oxygen atoms in total. The number of hydrogen-bond acceptors (Lipinski definition) is 7. The summed E-state index contributed by atoms with van der Waals surface area (Å²) >= 11 is 0. The Morgan fingerprint density at radius 3 is 2.51 bits per heavy atom. The summed E-state index contributed by atoms with van der Waals surface area (Å²) in [6, 6.07) is 8.09. The topological polar surface area (TPSA) is 88.4 Å². The first-order chi connectivity index (χ1) is 17.9. The molecule has 1 unspecified atom stereocenters. The molecule has 0 radical (unpaired) electrons. The number of nitrogens with one attached hydrogen (secondary N) is 1. The molecule has 0 bridgehead atoms. The number of benzene rings is 1. The molecular formula is C25H32F2N7O2P. The first kappa shape index (κ1) is 25.7. The van der Waals surface area contributed by atoms with Crippen LogP contribution in [0, 0.1) is 5.92 Å². The largest absolute Gasteiger partial charge is 0.378 e. The number of aromatic nitrogens is 4. The van der Waals surface area contributed by atoms with Gasteiger partial charge in [-0.25, -0.2) is 13.8 Å². The number of imidazole rings is 1. The van der Waals surface area contributed by atoms with Crippen molar-refractivity contribution in [2.45, 2.75) is 32.2 Å². The first-order valence-electron chi connectivity index (χ1n) is 12.7. The second-order valence-electron chi connectivity index (χ2n) is 9.47. The minimum Gasteiger partial charge on any atom is -0.378 e. The summed E-state index contributed by atoms with van der Waals surface area (Å²) < 4.78 is 35.0. The molecule has 2 aromatic heterocycles. The molecule has 0 spiro atoms. The van der Waals surface area contributed by atoms with E-state index in [0.717, 1.165) is 32.1 Å². The van der Waals surface area contributed by atoms with Gasteiger partial charge in [0.2, 0.25) is 11.9 Å². The Morgan fingerprint density at radius 1 is 1.11 bits per heavy atom. The van der Waals surface area contributed by atoms with E-state index in [0.29, 0.717) is 49.1 Å². The predicted molar refractivity (Wildman–Crippen MR) is 142 cm³/mol. The number of amides is 1. The molecule has 2 fully saturated rings. The van der Waals surface area contributed by atoms with E-state index in [1.54, 1.807) is 37.3 Å². The Kier molecular flexibility index (Phi) is 7.81. The van der Waals surface area contributed by atoms with Gasteiger partial charge in [0.05, 0.1) is 24.2 Å². The second kappa shape index (κ2) is 11.2. The number of para-hydroxylation sites is 2. The third kappa shape index (κ3) is 5.52. The minimum absolute atomic E-state index is 0.0227. The van der Waals surface area contributed by atoms with Crippen LogP contribution in [0.1, 0.15) is 32.0 Å². The van der Waals surface area contributed by atoms with Crippen LogP contribution in [0.15, 0.2) is 30.3 Å². The number of nitrogens with zero attached hydrogens (tertiary/aromatic N) is 6. The Balaban J connectivity index is 1.49. The summed E-state index contributed by atoms with van der Waals surface area (Å²) in [5.74, 6) is 1.27. The number of hydrogen-bond donors (Lipinski definition) is 1. The summed E-state index contributed by atoms with van der Waals surface area (Å²) in [4.78, 5) is 30.5. The molecular weight excluding hydrogens is 499 g/mol. The molecule has 4 heterocycles. The van der Waals surface area contributed by atoms with Crippen LogP contribution in [-0.2, 0) is 9.53 Å². The summed E-state index contributed by atoms with van der Waals surface area (Å²) in [6.45, 7) is 5.54. The number of carbonyl (C=O) groups excluding carboxylic acids is 1. The molecule has 37 heavy (non-hydrogen) atoms. The molecule has 3 aromatic rings.